The maximum absolute atomic E-state index is 11.8. The molecule has 0 N–H and O–H groups in total. The maximum Gasteiger partial charge on any atom is 0.360 e. The molecule has 0 bridgehead atoms. The number of carbonyl (C=O) groups excluding carboxylic acids is 2. The molecule has 96 valence electrons. The molecule has 1 saturated heterocycles. The summed E-state index contributed by atoms with van der Waals surface area (Å²) in [7, 11) is 1.25. The number of anilines is 1. The van der Waals surface area contributed by atoms with E-state index in [0.29, 0.717) is 17.6 Å². The van der Waals surface area contributed by atoms with Crippen molar-refractivity contribution in [2.75, 3.05) is 18.6 Å². The number of rotatable bonds is 2. The van der Waals surface area contributed by atoms with Gasteiger partial charge in [-0.15, -0.1) is 0 Å². The highest BCUT2D eigenvalue weighted by molar-refractivity contribution is 9.10. The minimum atomic E-state index is -0.630. The molecule has 2 rings (SSSR count). The lowest BCUT2D eigenvalue weighted by Crippen LogP contribution is -2.28. The van der Waals surface area contributed by atoms with Gasteiger partial charge < -0.3 is 4.74 Å². The number of methoxy groups -OCH3 is 1. The predicted octanol–water partition coefficient (Wildman–Crippen LogP) is 1.06. The van der Waals surface area contributed by atoms with Gasteiger partial charge in [0.1, 0.15) is 4.60 Å². The molecule has 2 heterocycles. The Balaban J connectivity index is 2.44. The average molecular weight is 332 g/mol. The van der Waals surface area contributed by atoms with Gasteiger partial charge in [0.15, 0.2) is 11.5 Å². The molecule has 1 aliphatic rings. The lowest BCUT2D eigenvalue weighted by Gasteiger charge is -2.16. The molecule has 0 spiro atoms. The van der Waals surface area contributed by atoms with E-state index in [1.807, 2.05) is 0 Å². The zero-order valence-corrected chi connectivity index (χ0v) is 11.9. The number of ether oxygens (including phenoxy) is 1. The molecule has 0 saturated carbocycles. The van der Waals surface area contributed by atoms with E-state index in [1.165, 1.54) is 18.2 Å². The van der Waals surface area contributed by atoms with Crippen LogP contribution in [-0.4, -0.2) is 40.7 Å². The summed E-state index contributed by atoms with van der Waals surface area (Å²) < 4.78 is 5.04. The van der Waals surface area contributed by atoms with Gasteiger partial charge in [0.2, 0.25) is 5.91 Å². The van der Waals surface area contributed by atoms with Crippen LogP contribution in [0.2, 0.25) is 0 Å². The van der Waals surface area contributed by atoms with Gasteiger partial charge in [-0.25, -0.2) is 14.8 Å². The Labute approximate surface area is 117 Å². The number of thiol groups is 1. The standard InChI is InChI=1S/C10H10BrN3O3S/c1-17-10(16)8-9(12-3-6(11)13-8)14-4-5(18)2-7(14)15/h3,5,18H,2,4H2,1H3. The summed E-state index contributed by atoms with van der Waals surface area (Å²) in [6.45, 7) is 0.405. The fourth-order valence-electron chi connectivity index (χ4n) is 1.69. The molecule has 0 radical (unpaired) electrons. The summed E-state index contributed by atoms with van der Waals surface area (Å²) in [6.07, 6.45) is 1.75. The first-order valence-electron chi connectivity index (χ1n) is 5.12. The molecule has 0 aliphatic carbocycles. The van der Waals surface area contributed by atoms with E-state index >= 15 is 0 Å². The molecule has 8 heteroatoms. The summed E-state index contributed by atoms with van der Waals surface area (Å²) in [5, 5.41) is -0.0616. The number of esters is 1. The predicted molar refractivity (Wildman–Crippen MR) is 70.8 cm³/mol. The number of aromatic nitrogens is 2. The summed E-state index contributed by atoms with van der Waals surface area (Å²) in [5.74, 6) is -0.544. The van der Waals surface area contributed by atoms with E-state index in [2.05, 4.69) is 43.3 Å². The maximum atomic E-state index is 11.8. The summed E-state index contributed by atoms with van der Waals surface area (Å²) in [4.78, 5) is 32.9. The number of carbonyl (C=O) groups is 2. The highest BCUT2D eigenvalue weighted by atomic mass is 79.9. The number of amides is 1. The Hall–Kier alpha value is -1.15. The Morgan fingerprint density at radius 1 is 1.67 bits per heavy atom. The molecule has 1 fully saturated rings. The molecule has 1 aliphatic heterocycles. The van der Waals surface area contributed by atoms with Gasteiger partial charge in [0.05, 0.1) is 13.3 Å². The summed E-state index contributed by atoms with van der Waals surface area (Å²) >= 11 is 7.38. The van der Waals surface area contributed by atoms with E-state index < -0.39 is 5.97 Å². The van der Waals surface area contributed by atoms with Crippen molar-refractivity contribution in [1.29, 1.82) is 0 Å². The first-order valence-corrected chi connectivity index (χ1v) is 6.43. The minimum absolute atomic E-state index is 0.0164. The first-order chi connectivity index (χ1) is 8.52. The van der Waals surface area contributed by atoms with Crippen molar-refractivity contribution in [2.45, 2.75) is 11.7 Å². The first kappa shape index (κ1) is 13.3. The van der Waals surface area contributed by atoms with Crippen molar-refractivity contribution < 1.29 is 14.3 Å². The Kier molecular flexibility index (Phi) is 3.86. The fourth-order valence-corrected chi connectivity index (χ4v) is 2.29. The third-order valence-corrected chi connectivity index (χ3v) is 3.19. The van der Waals surface area contributed by atoms with Crippen molar-refractivity contribution in [2.24, 2.45) is 0 Å². The number of hydrogen-bond donors (Lipinski definition) is 1. The van der Waals surface area contributed by atoms with Crippen LogP contribution in [-0.2, 0) is 9.53 Å². The van der Waals surface area contributed by atoms with Crippen LogP contribution in [0.1, 0.15) is 16.9 Å². The van der Waals surface area contributed by atoms with Gasteiger partial charge in [-0.1, -0.05) is 0 Å². The second-order valence-corrected chi connectivity index (χ2v) is 5.26. The Morgan fingerprint density at radius 3 is 2.94 bits per heavy atom. The van der Waals surface area contributed by atoms with Crippen molar-refractivity contribution in [1.82, 2.24) is 9.97 Å². The smallest absolute Gasteiger partial charge is 0.360 e. The number of halogens is 1. The highest BCUT2D eigenvalue weighted by Gasteiger charge is 2.33. The fraction of sp³-hybridized carbons (Fsp3) is 0.400. The van der Waals surface area contributed by atoms with Crippen molar-refractivity contribution in [3.8, 4) is 0 Å². The molecule has 18 heavy (non-hydrogen) atoms. The van der Waals surface area contributed by atoms with Crippen molar-refractivity contribution in [3.05, 3.63) is 16.5 Å². The van der Waals surface area contributed by atoms with E-state index in [4.69, 9.17) is 0 Å². The molecule has 1 aromatic rings. The lowest BCUT2D eigenvalue weighted by molar-refractivity contribution is -0.117. The third-order valence-electron chi connectivity index (χ3n) is 2.46. The van der Waals surface area contributed by atoms with Gasteiger partial charge in [0, 0.05) is 18.2 Å². The topological polar surface area (TPSA) is 72.4 Å². The molecule has 1 aromatic heterocycles. The quantitative estimate of drug-likeness (QED) is 0.648. The molecular weight excluding hydrogens is 322 g/mol. The number of hydrogen-bond acceptors (Lipinski definition) is 6. The van der Waals surface area contributed by atoms with Crippen LogP contribution in [0.3, 0.4) is 0 Å². The minimum Gasteiger partial charge on any atom is -0.464 e. The second-order valence-electron chi connectivity index (χ2n) is 3.72. The molecule has 1 amide bonds. The van der Waals surface area contributed by atoms with Gasteiger partial charge in [0.25, 0.3) is 0 Å². The van der Waals surface area contributed by atoms with E-state index in [9.17, 15) is 9.59 Å². The van der Waals surface area contributed by atoms with Crippen LogP contribution in [0, 0.1) is 0 Å². The largest absolute Gasteiger partial charge is 0.464 e. The van der Waals surface area contributed by atoms with Crippen LogP contribution in [0.15, 0.2) is 10.8 Å². The van der Waals surface area contributed by atoms with E-state index in [1.54, 1.807) is 0 Å². The van der Waals surface area contributed by atoms with Crippen molar-refractivity contribution in [3.63, 3.8) is 0 Å². The van der Waals surface area contributed by atoms with Crippen LogP contribution in [0.25, 0.3) is 0 Å². The molecule has 1 atom stereocenters. The van der Waals surface area contributed by atoms with Crippen molar-refractivity contribution >= 4 is 46.3 Å². The molecular formula is C10H10BrN3O3S. The van der Waals surface area contributed by atoms with Gasteiger partial charge >= 0.3 is 5.97 Å². The third kappa shape index (κ3) is 2.49. The SMILES string of the molecule is COC(=O)c1nc(Br)cnc1N1CC(S)CC1=O. The Morgan fingerprint density at radius 2 is 2.39 bits per heavy atom. The average Bonchev–Trinajstić information content (AvgIpc) is 2.67. The second kappa shape index (κ2) is 5.23. The van der Waals surface area contributed by atoms with Crippen LogP contribution >= 0.6 is 28.6 Å². The van der Waals surface area contributed by atoms with E-state index in [-0.39, 0.29) is 22.7 Å². The molecule has 1 unspecified atom stereocenters. The normalized spacial score (nSPS) is 19.2. The Bertz CT molecular complexity index is 511. The van der Waals surface area contributed by atoms with E-state index in [0.717, 1.165) is 0 Å². The van der Waals surface area contributed by atoms with Gasteiger partial charge in [-0.3, -0.25) is 9.69 Å². The van der Waals surface area contributed by atoms with Gasteiger partial charge in [-0.05, 0) is 15.9 Å². The summed E-state index contributed by atoms with van der Waals surface area (Å²) in [5.41, 5.74) is 0.0164. The molecule has 6 nitrogen and oxygen atoms in total. The highest BCUT2D eigenvalue weighted by Crippen LogP contribution is 2.25. The molecule has 0 aromatic carbocycles. The zero-order valence-electron chi connectivity index (χ0n) is 9.46. The van der Waals surface area contributed by atoms with Gasteiger partial charge in [-0.2, -0.15) is 12.6 Å². The lowest BCUT2D eigenvalue weighted by atomic mass is 10.3. The van der Waals surface area contributed by atoms with Crippen LogP contribution in [0.4, 0.5) is 5.82 Å². The number of nitrogens with zero attached hydrogens (tertiary/aromatic N) is 3. The van der Waals surface area contributed by atoms with Crippen LogP contribution < -0.4 is 4.90 Å². The zero-order chi connectivity index (χ0) is 13.3. The monoisotopic (exact) mass is 331 g/mol. The summed E-state index contributed by atoms with van der Waals surface area (Å²) in [6, 6.07) is 0. The van der Waals surface area contributed by atoms with Crippen LogP contribution in [0.5, 0.6) is 0 Å².